The van der Waals surface area contributed by atoms with Crippen molar-refractivity contribution >= 4 is 44.0 Å². The highest BCUT2D eigenvalue weighted by atomic mass is 15.4. The summed E-state index contributed by atoms with van der Waals surface area (Å²) in [5.74, 6) is 1.48. The van der Waals surface area contributed by atoms with Crippen LogP contribution in [-0.2, 0) is 0 Å². The van der Waals surface area contributed by atoms with E-state index < -0.39 is 0 Å². The van der Waals surface area contributed by atoms with Crippen LogP contribution < -0.4 is 9.80 Å². The highest BCUT2D eigenvalue weighted by Gasteiger charge is 2.37. The zero-order valence-electron chi connectivity index (χ0n) is 31.9. The lowest BCUT2D eigenvalue weighted by Crippen LogP contribution is -2.34. The molecule has 1 radical (unpaired) electrons. The fourth-order valence-electron chi connectivity index (χ4n) is 8.32. The monoisotopic (exact) mass is 680 g/mol. The predicted octanol–water partition coefficient (Wildman–Crippen LogP) is 13.8. The van der Waals surface area contributed by atoms with Crippen LogP contribution in [0.1, 0.15) is 107 Å². The number of nitrogens with zero attached hydrogens (tertiary/aromatic N) is 3. The molecule has 0 atom stereocenters. The molecule has 0 fully saturated rings. The normalized spacial score (nSPS) is 13.8. The van der Waals surface area contributed by atoms with Gasteiger partial charge in [-0.15, -0.1) is 0 Å². The number of rotatable bonds is 8. The third-order valence-electron chi connectivity index (χ3n) is 10.9. The topological polar surface area (TPSA) is 11.4 Å². The Bertz CT molecular complexity index is 2330. The fraction of sp³-hybridized carbons (Fsp3) is 0.245. The van der Waals surface area contributed by atoms with Gasteiger partial charge in [0.05, 0.1) is 22.4 Å². The predicted molar refractivity (Wildman–Crippen MR) is 224 cm³/mol. The van der Waals surface area contributed by atoms with Crippen molar-refractivity contribution < 1.29 is 0 Å². The van der Waals surface area contributed by atoms with Crippen molar-refractivity contribution in [2.24, 2.45) is 0 Å². The maximum atomic E-state index is 2.50. The van der Waals surface area contributed by atoms with E-state index in [1.54, 1.807) is 0 Å². The summed E-state index contributed by atoms with van der Waals surface area (Å²) in [6.07, 6.45) is 5.80. The Hall–Kier alpha value is -5.28. The van der Waals surface area contributed by atoms with Gasteiger partial charge in [0.15, 0.2) is 6.17 Å². The van der Waals surface area contributed by atoms with Crippen molar-refractivity contribution in [1.82, 2.24) is 4.57 Å². The Balaban J connectivity index is 1.39. The summed E-state index contributed by atoms with van der Waals surface area (Å²) >= 11 is 0. The summed E-state index contributed by atoms with van der Waals surface area (Å²) in [4.78, 5) is 4.99. The van der Waals surface area contributed by atoms with E-state index in [0.29, 0.717) is 23.7 Å². The first-order chi connectivity index (χ1) is 25.1. The molecule has 2 heterocycles. The van der Waals surface area contributed by atoms with Crippen molar-refractivity contribution in [2.75, 3.05) is 9.80 Å². The van der Waals surface area contributed by atoms with Gasteiger partial charge in [0.1, 0.15) is 0 Å². The molecule has 52 heavy (non-hydrogen) atoms. The molecular weight excluding hydrogens is 631 g/mol. The first-order valence-electron chi connectivity index (χ1n) is 19.1. The van der Waals surface area contributed by atoms with Crippen LogP contribution >= 0.6 is 0 Å². The van der Waals surface area contributed by atoms with Gasteiger partial charge >= 0.3 is 0 Å². The summed E-state index contributed by atoms with van der Waals surface area (Å²) < 4.78 is 2.43. The van der Waals surface area contributed by atoms with E-state index in [4.69, 9.17) is 0 Å². The molecular formula is C49H50N3. The summed E-state index contributed by atoms with van der Waals surface area (Å²) in [7, 11) is 0. The number of anilines is 2. The van der Waals surface area contributed by atoms with Crippen molar-refractivity contribution in [2.45, 2.75) is 79.1 Å². The standard InChI is InChI=1S/C49H50N3/c1-31(2)39-18-13-19-40(32(3)4)47(39)50-27-28-51(48-41(33(5)6)20-14-21-42(48)34(7)8)49(50)37-24-26-46-44(30-37)43-17-11-12-22-45(43)52(46)38-25-23-35-15-9-10-16-36(35)29-38/h9-34H,1-8H3. The van der Waals surface area contributed by atoms with Crippen LogP contribution in [0.25, 0.3) is 38.3 Å². The molecule has 6 aromatic carbocycles. The van der Waals surface area contributed by atoms with Crippen LogP contribution in [0.5, 0.6) is 0 Å². The SMILES string of the molecule is CC(C)c1cccc(C(C)C)c1N1C=CN(c2c(C(C)C)cccc2C(C)C)[C]1c1ccc2c(c1)c1ccccc1n2-c1ccc2ccccc2c1. The molecule has 0 spiro atoms. The van der Waals surface area contributed by atoms with Gasteiger partial charge in [-0.05, 0) is 87.0 Å². The fourth-order valence-corrected chi connectivity index (χ4v) is 8.32. The number of aromatic nitrogens is 1. The molecule has 3 heteroatoms. The van der Waals surface area contributed by atoms with Crippen molar-refractivity contribution in [3.8, 4) is 5.69 Å². The van der Waals surface area contributed by atoms with Gasteiger partial charge in [0.25, 0.3) is 0 Å². The maximum Gasteiger partial charge on any atom is 0.195 e. The lowest BCUT2D eigenvalue weighted by Gasteiger charge is -2.37. The molecule has 0 aliphatic carbocycles. The molecule has 0 saturated carbocycles. The third-order valence-corrected chi connectivity index (χ3v) is 10.9. The molecule has 1 aliphatic rings. The first kappa shape index (κ1) is 33.8. The molecule has 8 rings (SSSR count). The number of hydrogen-bond donors (Lipinski definition) is 0. The van der Waals surface area contributed by atoms with Gasteiger partial charge < -0.3 is 14.4 Å². The third kappa shape index (κ3) is 5.58. The first-order valence-corrected chi connectivity index (χ1v) is 19.1. The maximum absolute atomic E-state index is 2.50. The smallest absolute Gasteiger partial charge is 0.195 e. The molecule has 0 unspecified atom stereocenters. The van der Waals surface area contributed by atoms with Crippen molar-refractivity contribution in [3.63, 3.8) is 0 Å². The minimum Gasteiger partial charge on any atom is -0.314 e. The average molecular weight is 681 g/mol. The summed E-state index contributed by atoms with van der Waals surface area (Å²) in [6.45, 7) is 18.5. The van der Waals surface area contributed by atoms with Gasteiger partial charge in [-0.3, -0.25) is 0 Å². The van der Waals surface area contributed by atoms with Crippen LogP contribution in [0, 0.1) is 6.17 Å². The van der Waals surface area contributed by atoms with E-state index in [-0.39, 0.29) is 0 Å². The van der Waals surface area contributed by atoms with E-state index >= 15 is 0 Å². The zero-order chi connectivity index (χ0) is 36.3. The highest BCUT2D eigenvalue weighted by molar-refractivity contribution is 6.10. The number of benzene rings is 6. The van der Waals surface area contributed by atoms with E-state index in [1.165, 1.54) is 83.6 Å². The quantitative estimate of drug-likeness (QED) is 0.158. The molecule has 7 aromatic rings. The van der Waals surface area contributed by atoms with E-state index in [0.717, 1.165) is 0 Å². The van der Waals surface area contributed by atoms with Crippen molar-refractivity contribution in [1.29, 1.82) is 0 Å². The van der Waals surface area contributed by atoms with Gasteiger partial charge in [-0.25, -0.2) is 0 Å². The second-order valence-electron chi connectivity index (χ2n) is 15.7. The molecule has 1 aliphatic heterocycles. The minimum absolute atomic E-state index is 0.369. The van der Waals surface area contributed by atoms with Crippen LogP contribution in [0.2, 0.25) is 0 Å². The largest absolute Gasteiger partial charge is 0.314 e. The van der Waals surface area contributed by atoms with Gasteiger partial charge in [0, 0.05) is 34.4 Å². The molecule has 0 bridgehead atoms. The Morgan fingerprint density at radius 1 is 0.404 bits per heavy atom. The molecule has 0 saturated heterocycles. The second-order valence-corrected chi connectivity index (χ2v) is 15.7. The van der Waals surface area contributed by atoms with Crippen LogP contribution in [0.3, 0.4) is 0 Å². The van der Waals surface area contributed by atoms with Crippen LogP contribution in [-0.4, -0.2) is 4.57 Å². The Morgan fingerprint density at radius 3 is 1.46 bits per heavy atom. The lowest BCUT2D eigenvalue weighted by molar-refractivity contribution is 0.804. The lowest BCUT2D eigenvalue weighted by atomic mass is 9.90. The van der Waals surface area contributed by atoms with E-state index in [1.807, 2.05) is 0 Å². The van der Waals surface area contributed by atoms with Gasteiger partial charge in [-0.1, -0.05) is 146 Å². The molecule has 0 amide bonds. The Labute approximate surface area is 309 Å². The minimum atomic E-state index is 0.369. The second kappa shape index (κ2) is 13.4. The van der Waals surface area contributed by atoms with Gasteiger partial charge in [0.2, 0.25) is 0 Å². The van der Waals surface area contributed by atoms with Gasteiger partial charge in [-0.2, -0.15) is 0 Å². The van der Waals surface area contributed by atoms with Crippen LogP contribution in [0.15, 0.2) is 134 Å². The zero-order valence-corrected chi connectivity index (χ0v) is 31.9. The molecule has 0 N–H and O–H groups in total. The molecule has 261 valence electrons. The van der Waals surface area contributed by atoms with E-state index in [2.05, 4.69) is 203 Å². The van der Waals surface area contributed by atoms with Crippen molar-refractivity contribution in [3.05, 3.63) is 168 Å². The van der Waals surface area contributed by atoms with Crippen LogP contribution in [0.4, 0.5) is 11.4 Å². The Morgan fingerprint density at radius 2 is 0.904 bits per heavy atom. The highest BCUT2D eigenvalue weighted by Crippen LogP contribution is 2.48. The molecule has 1 aromatic heterocycles. The number of fused-ring (bicyclic) bond motifs is 4. The van der Waals surface area contributed by atoms with E-state index in [9.17, 15) is 0 Å². The molecule has 3 nitrogen and oxygen atoms in total. The summed E-state index contributed by atoms with van der Waals surface area (Å²) in [6, 6.07) is 45.2. The number of hydrogen-bond acceptors (Lipinski definition) is 2. The average Bonchev–Trinajstić information content (AvgIpc) is 3.73. The summed E-state index contributed by atoms with van der Waals surface area (Å²) in [5, 5.41) is 5.01. The number of para-hydroxylation sites is 3. The Kier molecular flexibility index (Phi) is 8.70. The summed E-state index contributed by atoms with van der Waals surface area (Å²) in [5.41, 5.74) is 12.9.